The van der Waals surface area contributed by atoms with Crippen LogP contribution in [0.4, 0.5) is 0 Å². The third-order valence-electron chi connectivity index (χ3n) is 4.53. The molecule has 2 rings (SSSR count). The quantitative estimate of drug-likeness (QED) is 0.753. The highest BCUT2D eigenvalue weighted by Gasteiger charge is 2.45. The van der Waals surface area contributed by atoms with Crippen LogP contribution < -0.4 is 5.32 Å². The Kier molecular flexibility index (Phi) is 4.64. The second kappa shape index (κ2) is 6.04. The molecule has 18 heavy (non-hydrogen) atoms. The van der Waals surface area contributed by atoms with Crippen LogP contribution in [0.15, 0.2) is 0 Å². The standard InChI is InChI=1S/C15H27N3/c1-3-17-15(11-16,14-8-9-14)12-18(2)10-13-6-4-5-7-13/h13-14,17H,3-10,12H2,1-2H3. The Labute approximate surface area is 112 Å². The van der Waals surface area contributed by atoms with E-state index in [0.717, 1.165) is 19.0 Å². The fraction of sp³-hybridized carbons (Fsp3) is 0.933. The fourth-order valence-corrected chi connectivity index (χ4v) is 3.51. The minimum atomic E-state index is -0.290. The number of nitrogens with one attached hydrogen (secondary N) is 1. The molecule has 1 N–H and O–H groups in total. The Bertz CT molecular complexity index is 299. The van der Waals surface area contributed by atoms with E-state index in [-0.39, 0.29) is 5.54 Å². The molecule has 2 aliphatic rings. The van der Waals surface area contributed by atoms with Gasteiger partial charge in [0.15, 0.2) is 0 Å². The van der Waals surface area contributed by atoms with Crippen LogP contribution >= 0.6 is 0 Å². The molecule has 3 nitrogen and oxygen atoms in total. The maximum atomic E-state index is 9.59. The van der Waals surface area contributed by atoms with Gasteiger partial charge in [0.25, 0.3) is 0 Å². The Morgan fingerprint density at radius 3 is 2.44 bits per heavy atom. The monoisotopic (exact) mass is 249 g/mol. The van der Waals surface area contributed by atoms with Gasteiger partial charge in [-0.25, -0.2) is 0 Å². The van der Waals surface area contributed by atoms with Crippen LogP contribution in [0.5, 0.6) is 0 Å². The lowest BCUT2D eigenvalue weighted by atomic mass is 9.93. The van der Waals surface area contributed by atoms with Crippen molar-refractivity contribution in [3.8, 4) is 6.07 Å². The molecule has 0 amide bonds. The maximum absolute atomic E-state index is 9.59. The van der Waals surface area contributed by atoms with Crippen LogP contribution in [0.25, 0.3) is 0 Å². The van der Waals surface area contributed by atoms with Crippen molar-refractivity contribution >= 4 is 0 Å². The zero-order chi connectivity index (χ0) is 13.0. The average molecular weight is 249 g/mol. The first kappa shape index (κ1) is 13.8. The molecule has 0 aliphatic heterocycles. The number of nitriles is 1. The summed E-state index contributed by atoms with van der Waals surface area (Å²) in [4.78, 5) is 2.39. The number of nitrogens with zero attached hydrogens (tertiary/aromatic N) is 2. The Hall–Kier alpha value is -0.590. The number of rotatable bonds is 7. The molecular formula is C15H27N3. The molecule has 0 bridgehead atoms. The van der Waals surface area contributed by atoms with Crippen molar-refractivity contribution in [2.45, 2.75) is 51.0 Å². The van der Waals surface area contributed by atoms with Gasteiger partial charge in [-0.05, 0) is 51.1 Å². The summed E-state index contributed by atoms with van der Waals surface area (Å²) >= 11 is 0. The van der Waals surface area contributed by atoms with Crippen molar-refractivity contribution in [3.63, 3.8) is 0 Å². The second-order valence-corrected chi connectivity index (χ2v) is 6.23. The van der Waals surface area contributed by atoms with Gasteiger partial charge in [0.1, 0.15) is 5.54 Å². The van der Waals surface area contributed by atoms with Gasteiger partial charge in [-0.1, -0.05) is 19.8 Å². The topological polar surface area (TPSA) is 39.1 Å². The summed E-state index contributed by atoms with van der Waals surface area (Å²) in [5.41, 5.74) is -0.290. The van der Waals surface area contributed by atoms with Gasteiger partial charge in [-0.3, -0.25) is 5.32 Å². The predicted octanol–water partition coefficient (Wildman–Crippen LogP) is 2.39. The van der Waals surface area contributed by atoms with Gasteiger partial charge in [0.05, 0.1) is 6.07 Å². The number of hydrogen-bond donors (Lipinski definition) is 1. The first-order valence-electron chi connectivity index (χ1n) is 7.55. The lowest BCUT2D eigenvalue weighted by Gasteiger charge is -2.33. The molecule has 0 heterocycles. The van der Waals surface area contributed by atoms with E-state index in [2.05, 4.69) is 30.3 Å². The van der Waals surface area contributed by atoms with Gasteiger partial charge >= 0.3 is 0 Å². The lowest BCUT2D eigenvalue weighted by molar-refractivity contribution is 0.205. The summed E-state index contributed by atoms with van der Waals surface area (Å²) in [6.45, 7) is 5.05. The highest BCUT2D eigenvalue weighted by atomic mass is 15.2. The second-order valence-electron chi connectivity index (χ2n) is 6.23. The maximum Gasteiger partial charge on any atom is 0.122 e. The van der Waals surface area contributed by atoms with Crippen molar-refractivity contribution in [2.75, 3.05) is 26.7 Å². The molecule has 0 aromatic rings. The molecule has 0 aromatic heterocycles. The molecule has 0 saturated heterocycles. The predicted molar refractivity (Wildman–Crippen MR) is 74.2 cm³/mol. The zero-order valence-electron chi connectivity index (χ0n) is 11.9. The van der Waals surface area contributed by atoms with E-state index in [4.69, 9.17) is 0 Å². The van der Waals surface area contributed by atoms with Crippen LogP contribution in [0.1, 0.15) is 45.4 Å². The Morgan fingerprint density at radius 2 is 1.94 bits per heavy atom. The molecular weight excluding hydrogens is 222 g/mol. The summed E-state index contributed by atoms with van der Waals surface area (Å²) in [6.07, 6.45) is 8.01. The van der Waals surface area contributed by atoms with Crippen LogP contribution in [0, 0.1) is 23.2 Å². The highest BCUT2D eigenvalue weighted by Crippen LogP contribution is 2.40. The van der Waals surface area contributed by atoms with Crippen molar-refractivity contribution in [1.29, 1.82) is 5.26 Å². The van der Waals surface area contributed by atoms with Crippen molar-refractivity contribution in [3.05, 3.63) is 0 Å². The molecule has 0 radical (unpaired) electrons. The fourth-order valence-electron chi connectivity index (χ4n) is 3.51. The molecule has 0 aromatic carbocycles. The molecule has 2 saturated carbocycles. The van der Waals surface area contributed by atoms with Crippen molar-refractivity contribution in [1.82, 2.24) is 10.2 Å². The van der Waals surface area contributed by atoms with E-state index in [0.29, 0.717) is 5.92 Å². The van der Waals surface area contributed by atoms with E-state index < -0.39 is 0 Å². The number of likely N-dealkylation sites (N-methyl/N-ethyl adjacent to an activating group) is 2. The highest BCUT2D eigenvalue weighted by molar-refractivity contribution is 5.16. The van der Waals surface area contributed by atoms with E-state index >= 15 is 0 Å². The summed E-state index contributed by atoms with van der Waals surface area (Å²) in [5.74, 6) is 1.45. The lowest BCUT2D eigenvalue weighted by Crippen LogP contribution is -2.54. The minimum absolute atomic E-state index is 0.290. The van der Waals surface area contributed by atoms with Crippen molar-refractivity contribution in [2.24, 2.45) is 11.8 Å². The van der Waals surface area contributed by atoms with E-state index in [9.17, 15) is 5.26 Å². The first-order valence-corrected chi connectivity index (χ1v) is 7.55. The third-order valence-corrected chi connectivity index (χ3v) is 4.53. The number of hydrogen-bond acceptors (Lipinski definition) is 3. The summed E-state index contributed by atoms with van der Waals surface area (Å²) in [5, 5.41) is 13.0. The summed E-state index contributed by atoms with van der Waals surface area (Å²) < 4.78 is 0. The molecule has 102 valence electrons. The molecule has 3 heteroatoms. The average Bonchev–Trinajstić information content (AvgIpc) is 3.09. The Balaban J connectivity index is 1.89. The normalized spacial score (nSPS) is 24.1. The summed E-state index contributed by atoms with van der Waals surface area (Å²) in [6, 6.07) is 2.58. The largest absolute Gasteiger partial charge is 0.303 e. The first-order chi connectivity index (χ1) is 8.70. The summed E-state index contributed by atoms with van der Waals surface area (Å²) in [7, 11) is 2.18. The van der Waals surface area contributed by atoms with Crippen LogP contribution in [-0.2, 0) is 0 Å². The van der Waals surface area contributed by atoms with Crippen LogP contribution in [0.3, 0.4) is 0 Å². The smallest absolute Gasteiger partial charge is 0.122 e. The molecule has 1 atom stereocenters. The van der Waals surface area contributed by atoms with E-state index in [1.807, 2.05) is 0 Å². The van der Waals surface area contributed by atoms with Gasteiger partial charge in [-0.15, -0.1) is 0 Å². The van der Waals surface area contributed by atoms with Gasteiger partial charge in [-0.2, -0.15) is 5.26 Å². The van der Waals surface area contributed by atoms with Gasteiger partial charge in [0.2, 0.25) is 0 Å². The molecule has 0 spiro atoms. The van der Waals surface area contributed by atoms with Gasteiger partial charge < -0.3 is 4.90 Å². The van der Waals surface area contributed by atoms with Gasteiger partial charge in [0, 0.05) is 13.1 Å². The van der Waals surface area contributed by atoms with Crippen molar-refractivity contribution < 1.29 is 0 Å². The molecule has 2 fully saturated rings. The SMILES string of the molecule is CCNC(C#N)(CN(C)CC1CCCC1)C1CC1. The Morgan fingerprint density at radius 1 is 1.28 bits per heavy atom. The third kappa shape index (κ3) is 3.24. The molecule has 2 aliphatic carbocycles. The van der Waals surface area contributed by atoms with Crippen LogP contribution in [0.2, 0.25) is 0 Å². The van der Waals surface area contributed by atoms with Crippen LogP contribution in [-0.4, -0.2) is 37.1 Å². The van der Waals surface area contributed by atoms with E-state index in [1.165, 1.54) is 45.1 Å². The minimum Gasteiger partial charge on any atom is -0.303 e. The molecule has 1 unspecified atom stereocenters. The van der Waals surface area contributed by atoms with E-state index in [1.54, 1.807) is 0 Å². The zero-order valence-corrected chi connectivity index (χ0v) is 11.9.